The standard InChI is InChI=1S/C17H15NO6/c19-13-9-16(10-1-3-15-17(7-10)23-6-5-22-15)24-14-4-2-11(18(20)21)8-12(13)14/h1-4,7-8,16,18,20H,5-6,9H2/t16-/m1/s1. The highest BCUT2D eigenvalue weighted by molar-refractivity contribution is 6.00. The number of ketones is 1. The Labute approximate surface area is 137 Å². The predicted molar refractivity (Wildman–Crippen MR) is 82.0 cm³/mol. The molecule has 0 bridgehead atoms. The van der Waals surface area contributed by atoms with Crippen LogP contribution in [0.2, 0.25) is 0 Å². The normalized spacial score (nSPS) is 20.1. The number of hydrogen-bond acceptors (Lipinski definition) is 6. The van der Waals surface area contributed by atoms with Crippen LogP contribution < -0.4 is 19.4 Å². The predicted octanol–water partition coefficient (Wildman–Crippen LogP) is 1.57. The molecule has 2 N–H and O–H groups in total. The van der Waals surface area contributed by atoms with Crippen molar-refractivity contribution in [3.8, 4) is 17.2 Å². The first-order valence-corrected chi connectivity index (χ1v) is 7.58. The quantitative estimate of drug-likeness (QED) is 0.813. The topological polar surface area (TPSA) is 92.5 Å². The molecule has 24 heavy (non-hydrogen) atoms. The minimum absolute atomic E-state index is 0.0727. The number of rotatable bonds is 2. The van der Waals surface area contributed by atoms with Gasteiger partial charge in [0.05, 0.1) is 12.0 Å². The van der Waals surface area contributed by atoms with Crippen LogP contribution in [0.4, 0.5) is 5.69 Å². The Hall–Kier alpha value is -2.61. The molecular formula is C17H15NO6. The van der Waals surface area contributed by atoms with Crippen molar-refractivity contribution in [2.24, 2.45) is 0 Å². The summed E-state index contributed by atoms with van der Waals surface area (Å²) in [6.07, 6.45) is -0.285. The van der Waals surface area contributed by atoms with Gasteiger partial charge in [0.1, 0.15) is 25.1 Å². The molecular weight excluding hydrogens is 314 g/mol. The van der Waals surface area contributed by atoms with E-state index in [0.29, 0.717) is 36.0 Å². The summed E-state index contributed by atoms with van der Waals surface area (Å²) < 4.78 is 17.0. The fourth-order valence-electron chi connectivity index (χ4n) is 2.90. The first-order chi connectivity index (χ1) is 11.6. The highest BCUT2D eigenvalue weighted by Gasteiger charge is 2.29. The Morgan fingerprint density at radius 2 is 1.79 bits per heavy atom. The fraction of sp³-hybridized carbons (Fsp3) is 0.235. The third-order valence-electron chi connectivity index (χ3n) is 4.10. The number of benzene rings is 2. The van der Waals surface area contributed by atoms with Crippen LogP contribution in [0.15, 0.2) is 36.4 Å². The number of hydrogen-bond donors (Lipinski definition) is 2. The maximum Gasteiger partial charge on any atom is 0.170 e. The van der Waals surface area contributed by atoms with Crippen LogP contribution >= 0.6 is 0 Å². The zero-order valence-corrected chi connectivity index (χ0v) is 12.7. The molecule has 2 aromatic rings. The van der Waals surface area contributed by atoms with E-state index in [2.05, 4.69) is 0 Å². The van der Waals surface area contributed by atoms with Crippen LogP contribution in [0.5, 0.6) is 17.2 Å². The molecule has 0 aromatic heterocycles. The molecule has 0 saturated carbocycles. The molecule has 124 valence electrons. The molecule has 2 heterocycles. The van der Waals surface area contributed by atoms with Crippen LogP contribution in [-0.4, -0.2) is 24.2 Å². The van der Waals surface area contributed by atoms with Crippen LogP contribution in [-0.2, 0) is 0 Å². The molecule has 0 aliphatic carbocycles. The second-order valence-electron chi connectivity index (χ2n) is 5.65. The van der Waals surface area contributed by atoms with Crippen molar-refractivity contribution in [3.63, 3.8) is 0 Å². The maximum absolute atomic E-state index is 12.4. The van der Waals surface area contributed by atoms with E-state index in [1.165, 1.54) is 18.2 Å². The van der Waals surface area contributed by atoms with Crippen molar-refractivity contribution in [1.29, 1.82) is 0 Å². The SMILES string of the molecule is O=C1C[C@H](c2ccc3c(c2)OCCO3)Oc2ccc([NH+]([O-])O)cc21. The fourth-order valence-corrected chi connectivity index (χ4v) is 2.90. The Morgan fingerprint density at radius 1 is 1.04 bits per heavy atom. The van der Waals surface area contributed by atoms with E-state index in [-0.39, 0.29) is 17.9 Å². The second-order valence-corrected chi connectivity index (χ2v) is 5.65. The maximum atomic E-state index is 12.4. The zero-order valence-electron chi connectivity index (χ0n) is 12.7. The Balaban J connectivity index is 1.64. The van der Waals surface area contributed by atoms with E-state index >= 15 is 0 Å². The molecule has 0 spiro atoms. The van der Waals surface area contributed by atoms with Gasteiger partial charge in [0.25, 0.3) is 0 Å². The van der Waals surface area contributed by atoms with Crippen LogP contribution in [0.25, 0.3) is 0 Å². The number of nitrogens with one attached hydrogen (secondary N) is 1. The third-order valence-corrected chi connectivity index (χ3v) is 4.10. The summed E-state index contributed by atoms with van der Waals surface area (Å²) in [7, 11) is 0. The van der Waals surface area contributed by atoms with Gasteiger partial charge in [-0.25, -0.2) is 5.21 Å². The van der Waals surface area contributed by atoms with Gasteiger partial charge < -0.3 is 19.4 Å². The first-order valence-electron chi connectivity index (χ1n) is 7.58. The smallest absolute Gasteiger partial charge is 0.170 e. The summed E-state index contributed by atoms with van der Waals surface area (Å²) in [6, 6.07) is 9.80. The molecule has 7 heteroatoms. The number of Topliss-reactive ketones (excluding diaryl/α,β-unsaturated/α-hetero) is 1. The van der Waals surface area contributed by atoms with Crippen molar-refractivity contribution in [1.82, 2.24) is 0 Å². The van der Waals surface area contributed by atoms with E-state index < -0.39 is 11.3 Å². The van der Waals surface area contributed by atoms with Crippen molar-refractivity contribution in [2.75, 3.05) is 13.2 Å². The molecule has 2 aliphatic heterocycles. The number of fused-ring (bicyclic) bond motifs is 2. The lowest BCUT2D eigenvalue weighted by molar-refractivity contribution is -0.991. The van der Waals surface area contributed by atoms with Crippen molar-refractivity contribution in [2.45, 2.75) is 12.5 Å². The largest absolute Gasteiger partial charge is 0.595 e. The highest BCUT2D eigenvalue weighted by atomic mass is 16.8. The molecule has 1 unspecified atom stereocenters. The number of quaternary nitrogens is 1. The van der Waals surface area contributed by atoms with Gasteiger partial charge in [0.15, 0.2) is 23.0 Å². The third kappa shape index (κ3) is 2.58. The van der Waals surface area contributed by atoms with Gasteiger partial charge in [-0.05, 0) is 23.8 Å². The average molecular weight is 329 g/mol. The summed E-state index contributed by atoms with van der Waals surface area (Å²) in [5.74, 6) is 1.58. The summed E-state index contributed by atoms with van der Waals surface area (Å²) in [5.41, 5.74) is 1.20. The molecule has 2 aromatic carbocycles. The molecule has 0 radical (unpaired) electrons. The van der Waals surface area contributed by atoms with Gasteiger partial charge in [-0.2, -0.15) is 5.23 Å². The Kier molecular flexibility index (Phi) is 3.61. The Morgan fingerprint density at radius 3 is 2.58 bits per heavy atom. The van der Waals surface area contributed by atoms with Gasteiger partial charge in [-0.15, -0.1) is 0 Å². The zero-order chi connectivity index (χ0) is 16.7. The van der Waals surface area contributed by atoms with Gasteiger partial charge in [0, 0.05) is 12.1 Å². The van der Waals surface area contributed by atoms with E-state index in [4.69, 9.17) is 19.4 Å². The Bertz CT molecular complexity index is 804. The van der Waals surface area contributed by atoms with E-state index in [1.807, 2.05) is 12.1 Å². The molecule has 7 nitrogen and oxygen atoms in total. The summed E-state index contributed by atoms with van der Waals surface area (Å²) >= 11 is 0. The van der Waals surface area contributed by atoms with Crippen molar-refractivity contribution < 1.29 is 29.4 Å². The second kappa shape index (κ2) is 5.79. The molecule has 2 aliphatic rings. The molecule has 0 amide bonds. The van der Waals surface area contributed by atoms with Crippen molar-refractivity contribution >= 4 is 11.5 Å². The van der Waals surface area contributed by atoms with E-state index in [1.54, 1.807) is 6.07 Å². The van der Waals surface area contributed by atoms with Crippen LogP contribution in [0.1, 0.15) is 28.4 Å². The molecule has 4 rings (SSSR count). The first kappa shape index (κ1) is 14.9. The minimum Gasteiger partial charge on any atom is -0.595 e. The lowest BCUT2D eigenvalue weighted by Crippen LogP contribution is -2.99. The highest BCUT2D eigenvalue weighted by Crippen LogP contribution is 2.39. The summed E-state index contributed by atoms with van der Waals surface area (Å²) in [6.45, 7) is 1.01. The van der Waals surface area contributed by atoms with E-state index in [0.717, 1.165) is 5.56 Å². The van der Waals surface area contributed by atoms with E-state index in [9.17, 15) is 10.0 Å². The van der Waals surface area contributed by atoms with Gasteiger partial charge in [-0.1, -0.05) is 6.07 Å². The number of ether oxygens (including phenoxy) is 3. The van der Waals surface area contributed by atoms with Gasteiger partial charge in [0.2, 0.25) is 0 Å². The number of carbonyl (C=O) groups excluding carboxylic acids is 1. The summed E-state index contributed by atoms with van der Waals surface area (Å²) in [4.78, 5) is 12.4. The van der Waals surface area contributed by atoms with Gasteiger partial charge in [-0.3, -0.25) is 4.79 Å². The summed E-state index contributed by atoms with van der Waals surface area (Å²) in [5, 5.41) is 19.0. The van der Waals surface area contributed by atoms with Crippen LogP contribution in [0.3, 0.4) is 0 Å². The number of carbonyl (C=O) groups is 1. The van der Waals surface area contributed by atoms with Crippen LogP contribution in [0, 0.1) is 5.21 Å². The molecule has 0 saturated heterocycles. The lowest BCUT2D eigenvalue weighted by atomic mass is 9.95. The minimum atomic E-state index is -1.07. The molecule has 2 atom stereocenters. The average Bonchev–Trinajstić information content (AvgIpc) is 2.61. The lowest BCUT2D eigenvalue weighted by Gasteiger charge is -2.27. The monoisotopic (exact) mass is 329 g/mol. The van der Waals surface area contributed by atoms with Gasteiger partial charge >= 0.3 is 0 Å². The van der Waals surface area contributed by atoms with Crippen molar-refractivity contribution in [3.05, 3.63) is 52.7 Å². The molecule has 0 fully saturated rings.